The molecule has 0 aromatic heterocycles. The topological polar surface area (TPSA) is 35.2 Å². The van der Waals surface area contributed by atoms with Crippen LogP contribution in [0.15, 0.2) is 0 Å². The standard InChI is InChI=1S/C10H18F3NO/c11-10(12,13)6-3-7-15-9-5-2-1-4-8(9)14/h8-9H,1-7,14H2. The molecule has 0 bridgehead atoms. The molecule has 0 aromatic rings. The number of halogens is 3. The molecule has 15 heavy (non-hydrogen) atoms. The van der Waals surface area contributed by atoms with E-state index in [0.29, 0.717) is 0 Å². The molecule has 0 aliphatic heterocycles. The van der Waals surface area contributed by atoms with Crippen molar-refractivity contribution < 1.29 is 17.9 Å². The van der Waals surface area contributed by atoms with E-state index in [4.69, 9.17) is 10.5 Å². The van der Waals surface area contributed by atoms with Gasteiger partial charge in [-0.05, 0) is 19.3 Å². The zero-order valence-electron chi connectivity index (χ0n) is 8.72. The van der Waals surface area contributed by atoms with Crippen molar-refractivity contribution in [1.29, 1.82) is 0 Å². The third-order valence-corrected chi connectivity index (χ3v) is 2.69. The Hall–Kier alpha value is -0.290. The molecule has 0 spiro atoms. The third-order valence-electron chi connectivity index (χ3n) is 2.69. The van der Waals surface area contributed by atoms with E-state index >= 15 is 0 Å². The smallest absolute Gasteiger partial charge is 0.377 e. The van der Waals surface area contributed by atoms with Gasteiger partial charge in [-0.15, -0.1) is 0 Å². The van der Waals surface area contributed by atoms with Gasteiger partial charge in [-0.2, -0.15) is 13.2 Å². The molecular weight excluding hydrogens is 207 g/mol. The Labute approximate surface area is 88.0 Å². The van der Waals surface area contributed by atoms with Gasteiger partial charge in [0.1, 0.15) is 0 Å². The summed E-state index contributed by atoms with van der Waals surface area (Å²) in [7, 11) is 0. The number of hydrogen-bond acceptors (Lipinski definition) is 2. The van der Waals surface area contributed by atoms with Gasteiger partial charge in [0.05, 0.1) is 6.10 Å². The quantitative estimate of drug-likeness (QED) is 0.746. The van der Waals surface area contributed by atoms with E-state index in [1.807, 2.05) is 0 Å². The van der Waals surface area contributed by atoms with Crippen molar-refractivity contribution in [3.8, 4) is 0 Å². The highest BCUT2D eigenvalue weighted by Crippen LogP contribution is 2.23. The molecule has 2 N–H and O–H groups in total. The maximum atomic E-state index is 11.8. The molecule has 0 saturated heterocycles. The Morgan fingerprint density at radius 3 is 2.47 bits per heavy atom. The number of rotatable bonds is 4. The lowest BCUT2D eigenvalue weighted by molar-refractivity contribution is -0.139. The largest absolute Gasteiger partial charge is 0.389 e. The summed E-state index contributed by atoms with van der Waals surface area (Å²) in [6, 6.07) is 0.00429. The van der Waals surface area contributed by atoms with Crippen LogP contribution in [-0.2, 0) is 4.74 Å². The minimum Gasteiger partial charge on any atom is -0.377 e. The van der Waals surface area contributed by atoms with Gasteiger partial charge in [0.15, 0.2) is 0 Å². The predicted molar refractivity (Wildman–Crippen MR) is 51.5 cm³/mol. The average molecular weight is 225 g/mol. The highest BCUT2D eigenvalue weighted by molar-refractivity contribution is 4.78. The van der Waals surface area contributed by atoms with E-state index in [1.165, 1.54) is 0 Å². The molecular formula is C10H18F3NO. The highest BCUT2D eigenvalue weighted by Gasteiger charge is 2.27. The molecule has 1 rings (SSSR count). The second-order valence-electron chi connectivity index (χ2n) is 4.08. The first-order valence-corrected chi connectivity index (χ1v) is 5.43. The first-order chi connectivity index (χ1) is 6.99. The molecule has 1 fully saturated rings. The summed E-state index contributed by atoms with van der Waals surface area (Å²) in [4.78, 5) is 0. The Bertz CT molecular complexity index is 184. The van der Waals surface area contributed by atoms with Gasteiger partial charge in [0.25, 0.3) is 0 Å². The van der Waals surface area contributed by atoms with Gasteiger partial charge in [-0.3, -0.25) is 0 Å². The summed E-state index contributed by atoms with van der Waals surface area (Å²) in [6.07, 6.45) is -0.870. The minimum atomic E-state index is -4.07. The lowest BCUT2D eigenvalue weighted by Crippen LogP contribution is -2.39. The van der Waals surface area contributed by atoms with Crippen LogP contribution in [0.4, 0.5) is 13.2 Å². The van der Waals surface area contributed by atoms with Gasteiger partial charge in [0, 0.05) is 19.1 Å². The van der Waals surface area contributed by atoms with Gasteiger partial charge in [-0.1, -0.05) is 12.8 Å². The zero-order valence-corrected chi connectivity index (χ0v) is 8.72. The van der Waals surface area contributed by atoms with Crippen LogP contribution in [0.1, 0.15) is 38.5 Å². The van der Waals surface area contributed by atoms with Crippen molar-refractivity contribution in [2.75, 3.05) is 6.61 Å². The van der Waals surface area contributed by atoms with E-state index in [0.717, 1.165) is 25.7 Å². The second-order valence-corrected chi connectivity index (χ2v) is 4.08. The van der Waals surface area contributed by atoms with Crippen molar-refractivity contribution in [2.45, 2.75) is 56.8 Å². The van der Waals surface area contributed by atoms with Crippen molar-refractivity contribution in [3.05, 3.63) is 0 Å². The molecule has 90 valence electrons. The van der Waals surface area contributed by atoms with E-state index in [9.17, 15) is 13.2 Å². The fourth-order valence-corrected chi connectivity index (χ4v) is 1.84. The fourth-order valence-electron chi connectivity index (χ4n) is 1.84. The monoisotopic (exact) mass is 225 g/mol. The van der Waals surface area contributed by atoms with E-state index < -0.39 is 12.6 Å². The normalized spacial score (nSPS) is 28.0. The highest BCUT2D eigenvalue weighted by atomic mass is 19.4. The van der Waals surface area contributed by atoms with Crippen LogP contribution < -0.4 is 5.73 Å². The summed E-state index contributed by atoms with van der Waals surface area (Å²) < 4.78 is 40.8. The Morgan fingerprint density at radius 1 is 1.20 bits per heavy atom. The lowest BCUT2D eigenvalue weighted by atomic mass is 9.93. The Morgan fingerprint density at radius 2 is 1.87 bits per heavy atom. The zero-order chi connectivity index (χ0) is 11.3. The molecule has 1 aliphatic rings. The van der Waals surface area contributed by atoms with Crippen LogP contribution in [0.2, 0.25) is 0 Å². The summed E-state index contributed by atoms with van der Waals surface area (Å²) in [6.45, 7) is 0.165. The van der Waals surface area contributed by atoms with E-state index in [1.54, 1.807) is 0 Å². The van der Waals surface area contributed by atoms with Crippen molar-refractivity contribution in [1.82, 2.24) is 0 Å². The molecule has 5 heteroatoms. The summed E-state index contributed by atoms with van der Waals surface area (Å²) in [5.41, 5.74) is 5.80. The van der Waals surface area contributed by atoms with Crippen molar-refractivity contribution in [3.63, 3.8) is 0 Å². The van der Waals surface area contributed by atoms with E-state index in [2.05, 4.69) is 0 Å². The molecule has 0 aromatic carbocycles. The van der Waals surface area contributed by atoms with Gasteiger partial charge in [-0.25, -0.2) is 0 Å². The summed E-state index contributed by atoms with van der Waals surface area (Å²) in [5, 5.41) is 0. The first kappa shape index (κ1) is 12.8. The SMILES string of the molecule is NC1CCCCC1OCCCC(F)(F)F. The molecule has 1 saturated carbocycles. The number of ether oxygens (including phenoxy) is 1. The first-order valence-electron chi connectivity index (χ1n) is 5.43. The number of alkyl halides is 3. The predicted octanol–water partition coefficient (Wildman–Crippen LogP) is 2.62. The second kappa shape index (κ2) is 5.70. The molecule has 1 aliphatic carbocycles. The minimum absolute atomic E-state index is 0.00429. The van der Waals surface area contributed by atoms with Crippen LogP contribution in [0.25, 0.3) is 0 Å². The maximum Gasteiger partial charge on any atom is 0.389 e. The van der Waals surface area contributed by atoms with Crippen LogP contribution >= 0.6 is 0 Å². The molecule has 2 atom stereocenters. The third kappa shape index (κ3) is 5.37. The van der Waals surface area contributed by atoms with Crippen LogP contribution in [0.3, 0.4) is 0 Å². The molecule has 0 amide bonds. The maximum absolute atomic E-state index is 11.8. The van der Waals surface area contributed by atoms with Crippen LogP contribution in [-0.4, -0.2) is 24.9 Å². The van der Waals surface area contributed by atoms with Gasteiger partial charge >= 0.3 is 6.18 Å². The summed E-state index contributed by atoms with van der Waals surface area (Å²) in [5.74, 6) is 0. The van der Waals surface area contributed by atoms with Crippen molar-refractivity contribution in [2.24, 2.45) is 5.73 Å². The van der Waals surface area contributed by atoms with Crippen LogP contribution in [0.5, 0.6) is 0 Å². The molecule has 2 unspecified atom stereocenters. The molecule has 0 radical (unpaired) electrons. The Kier molecular flexibility index (Phi) is 4.86. The van der Waals surface area contributed by atoms with Crippen LogP contribution in [0, 0.1) is 0 Å². The van der Waals surface area contributed by atoms with Gasteiger partial charge in [0.2, 0.25) is 0 Å². The van der Waals surface area contributed by atoms with E-state index in [-0.39, 0.29) is 25.2 Å². The Balaban J connectivity index is 2.08. The number of hydrogen-bond donors (Lipinski definition) is 1. The van der Waals surface area contributed by atoms with Crippen molar-refractivity contribution >= 4 is 0 Å². The van der Waals surface area contributed by atoms with Gasteiger partial charge < -0.3 is 10.5 Å². The summed E-state index contributed by atoms with van der Waals surface area (Å²) >= 11 is 0. The average Bonchev–Trinajstić information content (AvgIpc) is 2.13. The molecule has 2 nitrogen and oxygen atoms in total. The number of nitrogens with two attached hydrogens (primary N) is 1. The lowest BCUT2D eigenvalue weighted by Gasteiger charge is -2.28. The molecule has 0 heterocycles. The fraction of sp³-hybridized carbons (Fsp3) is 1.00.